The molecule has 1 aromatic heterocycles. The van der Waals surface area contributed by atoms with Crippen molar-refractivity contribution in [3.63, 3.8) is 0 Å². The van der Waals surface area contributed by atoms with Gasteiger partial charge < -0.3 is 9.30 Å². The van der Waals surface area contributed by atoms with Gasteiger partial charge in [0.1, 0.15) is 11.9 Å². The minimum atomic E-state index is 0.131. The average molecular weight is 437 g/mol. The molecule has 0 saturated carbocycles. The van der Waals surface area contributed by atoms with Crippen LogP contribution in [0.15, 0.2) is 48.7 Å². The van der Waals surface area contributed by atoms with E-state index in [1.54, 1.807) is 6.92 Å². The number of carbonyl (C=O) groups is 1. The SMILES string of the molecule is CC(=O)c1cn(CCCN2C3CCC2C(Oc2ccccc2Cl)C3)c2c(C)cccc12. The van der Waals surface area contributed by atoms with Gasteiger partial charge in [0.2, 0.25) is 0 Å². The maximum Gasteiger partial charge on any atom is 0.161 e. The van der Waals surface area contributed by atoms with Crippen LogP contribution in [0.5, 0.6) is 5.75 Å². The lowest BCUT2D eigenvalue weighted by atomic mass is 9.98. The zero-order valence-corrected chi connectivity index (χ0v) is 18.9. The zero-order chi connectivity index (χ0) is 21.5. The summed E-state index contributed by atoms with van der Waals surface area (Å²) in [5.41, 5.74) is 3.24. The Kier molecular flexibility index (Phi) is 5.53. The maximum atomic E-state index is 12.1. The highest BCUT2D eigenvalue weighted by Crippen LogP contribution is 2.40. The normalized spacial score (nSPS) is 23.0. The molecule has 5 heteroatoms. The fourth-order valence-corrected chi connectivity index (χ4v) is 5.83. The molecule has 2 bridgehead atoms. The summed E-state index contributed by atoms with van der Waals surface area (Å²) in [4.78, 5) is 14.8. The molecule has 0 spiro atoms. The molecule has 3 aromatic rings. The van der Waals surface area contributed by atoms with Crippen LogP contribution < -0.4 is 4.74 Å². The first kappa shape index (κ1) is 20.6. The molecule has 4 nitrogen and oxygen atoms in total. The van der Waals surface area contributed by atoms with Crippen LogP contribution in [0.2, 0.25) is 5.02 Å². The highest BCUT2D eigenvalue weighted by molar-refractivity contribution is 6.32. The maximum absolute atomic E-state index is 12.1. The third-order valence-electron chi connectivity index (χ3n) is 7.03. The second-order valence-electron chi connectivity index (χ2n) is 8.98. The van der Waals surface area contributed by atoms with Crippen LogP contribution in [-0.2, 0) is 6.54 Å². The topological polar surface area (TPSA) is 34.5 Å². The van der Waals surface area contributed by atoms with E-state index in [0.29, 0.717) is 17.1 Å². The van der Waals surface area contributed by atoms with Gasteiger partial charge in [-0.1, -0.05) is 41.9 Å². The zero-order valence-electron chi connectivity index (χ0n) is 18.2. The summed E-state index contributed by atoms with van der Waals surface area (Å²) >= 11 is 6.31. The van der Waals surface area contributed by atoms with Crippen LogP contribution in [0.4, 0.5) is 0 Å². The van der Waals surface area contributed by atoms with E-state index in [9.17, 15) is 4.79 Å². The highest BCUT2D eigenvalue weighted by Gasteiger charge is 2.47. The van der Waals surface area contributed by atoms with Crippen LogP contribution in [0, 0.1) is 6.92 Å². The Balaban J connectivity index is 1.26. The van der Waals surface area contributed by atoms with Crippen LogP contribution in [0.1, 0.15) is 48.5 Å². The molecule has 3 unspecified atom stereocenters. The Morgan fingerprint density at radius 1 is 1.13 bits per heavy atom. The summed E-state index contributed by atoms with van der Waals surface area (Å²) in [7, 11) is 0. The molecule has 2 saturated heterocycles. The van der Waals surface area contributed by atoms with Gasteiger partial charge in [-0.05, 0) is 50.8 Å². The van der Waals surface area contributed by atoms with Crippen molar-refractivity contribution in [1.29, 1.82) is 0 Å². The molecule has 2 aromatic carbocycles. The van der Waals surface area contributed by atoms with Crippen molar-refractivity contribution >= 4 is 28.3 Å². The number of halogens is 1. The fourth-order valence-electron chi connectivity index (χ4n) is 5.65. The number of hydrogen-bond donors (Lipinski definition) is 0. The Bertz CT molecular complexity index is 1120. The van der Waals surface area contributed by atoms with Crippen molar-refractivity contribution < 1.29 is 9.53 Å². The molecule has 2 aliphatic heterocycles. The summed E-state index contributed by atoms with van der Waals surface area (Å²) in [6.45, 7) is 5.75. The Hall–Kier alpha value is -2.30. The Labute approximate surface area is 188 Å². The lowest BCUT2D eigenvalue weighted by Crippen LogP contribution is -2.36. The van der Waals surface area contributed by atoms with Crippen molar-refractivity contribution in [2.45, 2.75) is 64.3 Å². The Morgan fingerprint density at radius 2 is 1.97 bits per heavy atom. The first-order chi connectivity index (χ1) is 15.0. The number of ether oxygens (including phenoxy) is 1. The Morgan fingerprint density at radius 3 is 2.77 bits per heavy atom. The average Bonchev–Trinajstić information content (AvgIpc) is 3.41. The largest absolute Gasteiger partial charge is 0.487 e. The smallest absolute Gasteiger partial charge is 0.161 e. The molecule has 31 heavy (non-hydrogen) atoms. The minimum Gasteiger partial charge on any atom is -0.487 e. The standard InChI is InChI=1S/C26H29ClN2O2/c1-17-7-5-8-20-21(18(2)30)16-28(26(17)20)13-6-14-29-19-11-12-23(29)25(15-19)31-24-10-4-3-9-22(24)27/h3-5,7-10,16,19,23,25H,6,11-15H2,1-2H3. The molecule has 2 fully saturated rings. The van der Waals surface area contributed by atoms with Crippen LogP contribution in [0.25, 0.3) is 10.9 Å². The molecule has 2 aliphatic rings. The summed E-state index contributed by atoms with van der Waals surface area (Å²) in [6.07, 6.45) is 6.85. The molecular formula is C26H29ClN2O2. The molecular weight excluding hydrogens is 408 g/mol. The van der Waals surface area contributed by atoms with E-state index in [0.717, 1.165) is 42.6 Å². The van der Waals surface area contributed by atoms with E-state index in [2.05, 4.69) is 28.5 Å². The van der Waals surface area contributed by atoms with E-state index in [1.165, 1.54) is 23.9 Å². The molecule has 5 rings (SSSR count). The molecule has 0 amide bonds. The minimum absolute atomic E-state index is 0.131. The van der Waals surface area contributed by atoms with E-state index in [-0.39, 0.29) is 11.9 Å². The van der Waals surface area contributed by atoms with E-state index < -0.39 is 0 Å². The van der Waals surface area contributed by atoms with Crippen molar-refractivity contribution in [3.05, 3.63) is 64.8 Å². The van der Waals surface area contributed by atoms with Crippen LogP contribution in [0.3, 0.4) is 0 Å². The first-order valence-electron chi connectivity index (χ1n) is 11.3. The van der Waals surface area contributed by atoms with Gasteiger partial charge in [0.05, 0.1) is 10.5 Å². The van der Waals surface area contributed by atoms with Gasteiger partial charge in [-0.25, -0.2) is 0 Å². The molecule has 162 valence electrons. The molecule has 0 N–H and O–H groups in total. The third kappa shape index (κ3) is 3.77. The van der Waals surface area contributed by atoms with E-state index >= 15 is 0 Å². The number of Topliss-reactive ketones (excluding diaryl/α,β-unsaturated/α-hetero) is 1. The number of nitrogens with zero attached hydrogens (tertiary/aromatic N) is 2. The number of hydrogen-bond acceptors (Lipinski definition) is 3. The predicted octanol–water partition coefficient (Wildman–Crippen LogP) is 5.88. The van der Waals surface area contributed by atoms with Crippen molar-refractivity contribution in [3.8, 4) is 5.75 Å². The second-order valence-corrected chi connectivity index (χ2v) is 9.38. The molecule has 3 atom stereocenters. The van der Waals surface area contributed by atoms with Crippen molar-refractivity contribution in [2.75, 3.05) is 6.54 Å². The van der Waals surface area contributed by atoms with Gasteiger partial charge in [0, 0.05) is 48.7 Å². The molecule has 0 radical (unpaired) electrons. The number of rotatable bonds is 7. The number of ketones is 1. The van der Waals surface area contributed by atoms with E-state index in [4.69, 9.17) is 16.3 Å². The van der Waals surface area contributed by atoms with Gasteiger partial charge in [-0.2, -0.15) is 0 Å². The summed E-state index contributed by atoms with van der Waals surface area (Å²) < 4.78 is 8.60. The first-order valence-corrected chi connectivity index (χ1v) is 11.7. The number of fused-ring (bicyclic) bond motifs is 3. The number of para-hydroxylation sites is 2. The number of carbonyl (C=O) groups excluding carboxylic acids is 1. The summed E-state index contributed by atoms with van der Waals surface area (Å²) in [6, 6.07) is 15.1. The number of benzene rings is 2. The fraction of sp³-hybridized carbons (Fsp3) is 0.423. The summed E-state index contributed by atoms with van der Waals surface area (Å²) in [5, 5.41) is 1.76. The van der Waals surface area contributed by atoms with Crippen molar-refractivity contribution in [1.82, 2.24) is 9.47 Å². The highest BCUT2D eigenvalue weighted by atomic mass is 35.5. The lowest BCUT2D eigenvalue weighted by molar-refractivity contribution is 0.101. The van der Waals surface area contributed by atoms with Gasteiger partial charge in [-0.3, -0.25) is 9.69 Å². The van der Waals surface area contributed by atoms with Gasteiger partial charge in [0.25, 0.3) is 0 Å². The monoisotopic (exact) mass is 436 g/mol. The van der Waals surface area contributed by atoms with Crippen LogP contribution in [-0.4, -0.2) is 40.0 Å². The second kappa shape index (κ2) is 8.33. The van der Waals surface area contributed by atoms with E-state index in [1.807, 2.05) is 36.5 Å². The quantitative estimate of drug-likeness (QED) is 0.434. The third-order valence-corrected chi connectivity index (χ3v) is 7.35. The molecule has 3 heterocycles. The number of aryl methyl sites for hydroxylation is 2. The van der Waals surface area contributed by atoms with Gasteiger partial charge in [-0.15, -0.1) is 0 Å². The number of aromatic nitrogens is 1. The van der Waals surface area contributed by atoms with Gasteiger partial charge >= 0.3 is 0 Å². The summed E-state index contributed by atoms with van der Waals surface area (Å²) in [5.74, 6) is 0.930. The predicted molar refractivity (Wildman–Crippen MR) is 125 cm³/mol. The van der Waals surface area contributed by atoms with Crippen molar-refractivity contribution in [2.24, 2.45) is 0 Å². The molecule has 0 aliphatic carbocycles. The lowest BCUT2D eigenvalue weighted by Gasteiger charge is -2.25. The van der Waals surface area contributed by atoms with Crippen LogP contribution >= 0.6 is 11.6 Å². The van der Waals surface area contributed by atoms with Gasteiger partial charge in [0.15, 0.2) is 5.78 Å².